The van der Waals surface area contributed by atoms with Crippen LogP contribution >= 0.6 is 0 Å². The molecule has 1 heterocycles. The highest BCUT2D eigenvalue weighted by atomic mass is 16.5. The molecule has 0 amide bonds. The van der Waals surface area contributed by atoms with Gasteiger partial charge in [0, 0.05) is 12.0 Å². The van der Waals surface area contributed by atoms with Gasteiger partial charge in [0.05, 0.1) is 19.6 Å². The lowest BCUT2D eigenvalue weighted by Crippen LogP contribution is -2.16. The molecule has 2 aliphatic rings. The molecule has 0 aromatic heterocycles. The maximum Gasteiger partial charge on any atom is 0.303 e. The van der Waals surface area contributed by atoms with Crippen molar-refractivity contribution in [3.8, 4) is 5.75 Å². The lowest BCUT2D eigenvalue weighted by atomic mass is 9.85. The van der Waals surface area contributed by atoms with Crippen LogP contribution in [0.2, 0.25) is 0 Å². The first kappa shape index (κ1) is 21.2. The topological polar surface area (TPSA) is 68.1 Å². The Morgan fingerprint density at radius 1 is 1.23 bits per heavy atom. The minimum atomic E-state index is -0.745. The average Bonchev–Trinajstić information content (AvgIpc) is 2.98. The Hall–Kier alpha value is -3.08. The average molecular weight is 420 g/mol. The maximum absolute atomic E-state index is 11.2. The predicted octanol–water partition coefficient (Wildman–Crippen LogP) is 5.45. The van der Waals surface area contributed by atoms with Gasteiger partial charge in [-0.3, -0.25) is 4.79 Å². The van der Waals surface area contributed by atoms with Crippen LogP contribution in [0.25, 0.3) is 0 Å². The highest BCUT2D eigenvalue weighted by Gasteiger charge is 2.37. The predicted molar refractivity (Wildman–Crippen MR) is 121 cm³/mol. The first-order valence-electron chi connectivity index (χ1n) is 10.8. The number of benzene rings is 2. The molecule has 1 atom stereocenters. The number of aliphatic carboxylic acids is 1. The molecule has 0 fully saturated rings. The zero-order chi connectivity index (χ0) is 22.0. The molecule has 2 aromatic rings. The van der Waals surface area contributed by atoms with Gasteiger partial charge in [-0.2, -0.15) is 0 Å². The van der Waals surface area contributed by atoms with Crippen LogP contribution in [0.5, 0.6) is 5.75 Å². The summed E-state index contributed by atoms with van der Waals surface area (Å²) < 4.78 is 12.0. The number of carboxylic acids is 1. The van der Waals surface area contributed by atoms with Crippen molar-refractivity contribution in [2.24, 2.45) is 4.99 Å². The fourth-order valence-corrected chi connectivity index (χ4v) is 4.60. The van der Waals surface area contributed by atoms with Gasteiger partial charge in [-0.25, -0.2) is 4.99 Å². The van der Waals surface area contributed by atoms with Crippen LogP contribution < -0.4 is 4.74 Å². The number of carboxylic acid groups (broad SMARTS) is 1. The van der Waals surface area contributed by atoms with E-state index in [-0.39, 0.29) is 17.8 Å². The van der Waals surface area contributed by atoms with E-state index >= 15 is 0 Å². The molecule has 5 nitrogen and oxygen atoms in total. The number of nitrogens with zero attached hydrogens (tertiary/aromatic N) is 1. The standard InChI is InChI=1S/C26H29NO4/c1-17-19(16-27-25(31-17)18-7-5-4-6-8-18)11-12-30-21-9-10-22-20(13-24(28)29)15-26(2,3)23(22)14-21/h4-10,14,20H,11-13,15-16H2,1-3H3,(H,28,29). The van der Waals surface area contributed by atoms with Crippen molar-refractivity contribution in [1.82, 2.24) is 0 Å². The van der Waals surface area contributed by atoms with Crippen molar-refractivity contribution in [3.63, 3.8) is 0 Å². The molecule has 162 valence electrons. The van der Waals surface area contributed by atoms with Crippen LogP contribution in [-0.4, -0.2) is 30.1 Å². The maximum atomic E-state index is 11.2. The van der Waals surface area contributed by atoms with Crippen molar-refractivity contribution in [2.75, 3.05) is 13.2 Å². The zero-order valence-corrected chi connectivity index (χ0v) is 18.4. The van der Waals surface area contributed by atoms with Crippen LogP contribution in [-0.2, 0) is 14.9 Å². The number of rotatable bonds is 7. The van der Waals surface area contributed by atoms with Crippen molar-refractivity contribution >= 4 is 11.9 Å². The molecule has 1 unspecified atom stereocenters. The number of aliphatic imine (C=N–C) groups is 1. The summed E-state index contributed by atoms with van der Waals surface area (Å²) >= 11 is 0. The van der Waals surface area contributed by atoms with E-state index in [9.17, 15) is 9.90 Å². The summed E-state index contributed by atoms with van der Waals surface area (Å²) in [5.74, 6) is 1.71. The Morgan fingerprint density at radius 2 is 2.00 bits per heavy atom. The minimum Gasteiger partial charge on any atom is -0.493 e. The van der Waals surface area contributed by atoms with E-state index in [1.54, 1.807) is 0 Å². The summed E-state index contributed by atoms with van der Waals surface area (Å²) in [6.07, 6.45) is 1.78. The first-order valence-corrected chi connectivity index (χ1v) is 10.8. The summed E-state index contributed by atoms with van der Waals surface area (Å²) in [7, 11) is 0. The Kier molecular flexibility index (Phi) is 5.86. The highest BCUT2D eigenvalue weighted by molar-refractivity contribution is 5.95. The van der Waals surface area contributed by atoms with Gasteiger partial charge >= 0.3 is 5.97 Å². The molecule has 1 aliphatic heterocycles. The van der Waals surface area contributed by atoms with Gasteiger partial charge in [-0.05, 0) is 65.6 Å². The third kappa shape index (κ3) is 4.66. The Morgan fingerprint density at radius 3 is 2.71 bits per heavy atom. The van der Waals surface area contributed by atoms with Crippen LogP contribution in [0.3, 0.4) is 0 Å². The normalized spacial score (nSPS) is 19.5. The molecule has 0 radical (unpaired) electrons. The smallest absolute Gasteiger partial charge is 0.303 e. The lowest BCUT2D eigenvalue weighted by molar-refractivity contribution is -0.137. The van der Waals surface area contributed by atoms with Crippen LogP contribution in [0.4, 0.5) is 0 Å². The first-order chi connectivity index (χ1) is 14.8. The van der Waals surface area contributed by atoms with Gasteiger partial charge in [-0.15, -0.1) is 0 Å². The van der Waals surface area contributed by atoms with Gasteiger partial charge in [0.15, 0.2) is 0 Å². The highest BCUT2D eigenvalue weighted by Crippen LogP contribution is 2.48. The summed E-state index contributed by atoms with van der Waals surface area (Å²) in [6, 6.07) is 16.0. The molecule has 0 spiro atoms. The van der Waals surface area contributed by atoms with Gasteiger partial charge in [0.2, 0.25) is 5.90 Å². The third-order valence-corrected chi connectivity index (χ3v) is 6.23. The second-order valence-corrected chi connectivity index (χ2v) is 8.98. The fourth-order valence-electron chi connectivity index (χ4n) is 4.60. The van der Waals surface area contributed by atoms with E-state index in [4.69, 9.17) is 9.47 Å². The molecule has 2 aromatic carbocycles. The third-order valence-electron chi connectivity index (χ3n) is 6.23. The number of allylic oxidation sites excluding steroid dienone is 1. The van der Waals surface area contributed by atoms with E-state index in [0.29, 0.717) is 19.0 Å². The molecule has 0 saturated carbocycles. The van der Waals surface area contributed by atoms with Gasteiger partial charge in [0.25, 0.3) is 0 Å². The van der Waals surface area contributed by atoms with E-state index in [2.05, 4.69) is 24.9 Å². The van der Waals surface area contributed by atoms with Gasteiger partial charge in [-0.1, -0.05) is 38.1 Å². The van der Waals surface area contributed by atoms with Crippen LogP contribution in [0.1, 0.15) is 62.6 Å². The van der Waals surface area contributed by atoms with Crippen molar-refractivity contribution < 1.29 is 19.4 Å². The van der Waals surface area contributed by atoms with Crippen molar-refractivity contribution in [3.05, 3.63) is 76.6 Å². The van der Waals surface area contributed by atoms with E-state index in [0.717, 1.165) is 41.1 Å². The minimum absolute atomic E-state index is 0.0479. The fraction of sp³-hybridized carbons (Fsp3) is 0.385. The number of fused-ring (bicyclic) bond motifs is 1. The molecular formula is C26H29NO4. The summed E-state index contributed by atoms with van der Waals surface area (Å²) in [5.41, 5.74) is 4.42. The quantitative estimate of drug-likeness (QED) is 0.648. The van der Waals surface area contributed by atoms with Gasteiger partial charge < -0.3 is 14.6 Å². The summed E-state index contributed by atoms with van der Waals surface area (Å²) in [4.78, 5) is 15.8. The van der Waals surface area contributed by atoms with E-state index in [1.165, 1.54) is 5.56 Å². The SMILES string of the molecule is CC1=C(CCOc2ccc3c(c2)C(C)(C)CC3CC(=O)O)CN=C(c2ccccc2)O1. The molecule has 0 saturated heterocycles. The number of hydrogen-bond donors (Lipinski definition) is 1. The molecular weight excluding hydrogens is 390 g/mol. The lowest BCUT2D eigenvalue weighted by Gasteiger charge is -2.20. The number of ether oxygens (including phenoxy) is 2. The Labute approximate surface area is 183 Å². The van der Waals surface area contributed by atoms with Crippen LogP contribution in [0, 0.1) is 0 Å². The Balaban J connectivity index is 1.37. The Bertz CT molecular complexity index is 1040. The van der Waals surface area contributed by atoms with E-state index in [1.807, 2.05) is 49.4 Å². The van der Waals surface area contributed by atoms with E-state index < -0.39 is 5.97 Å². The monoisotopic (exact) mass is 419 g/mol. The molecule has 0 bridgehead atoms. The molecule has 1 N–H and O–H groups in total. The zero-order valence-electron chi connectivity index (χ0n) is 18.4. The summed E-state index contributed by atoms with van der Waals surface area (Å²) in [5, 5.41) is 9.22. The van der Waals surface area contributed by atoms with Crippen LogP contribution in [0.15, 0.2) is 64.9 Å². The number of carbonyl (C=O) groups is 1. The molecule has 5 heteroatoms. The largest absolute Gasteiger partial charge is 0.493 e. The molecule has 31 heavy (non-hydrogen) atoms. The van der Waals surface area contributed by atoms with Crippen molar-refractivity contribution in [2.45, 2.75) is 51.4 Å². The second kappa shape index (κ2) is 8.58. The van der Waals surface area contributed by atoms with Gasteiger partial charge in [0.1, 0.15) is 11.5 Å². The van der Waals surface area contributed by atoms with Crippen molar-refractivity contribution in [1.29, 1.82) is 0 Å². The number of hydrogen-bond acceptors (Lipinski definition) is 4. The molecule has 1 aliphatic carbocycles. The summed E-state index contributed by atoms with van der Waals surface area (Å²) in [6.45, 7) is 7.49. The molecule has 4 rings (SSSR count). The second-order valence-electron chi connectivity index (χ2n) is 8.98.